The Hall–Kier alpha value is -1.52. The summed E-state index contributed by atoms with van der Waals surface area (Å²) in [5, 5.41) is 8.76. The number of thioether (sulfide) groups is 1. The minimum atomic E-state index is -0.978. The quantitative estimate of drug-likeness (QED) is 0.226. The van der Waals surface area contributed by atoms with Gasteiger partial charge >= 0.3 is 5.97 Å². The van der Waals surface area contributed by atoms with Crippen LogP contribution in [0, 0.1) is 7.14 Å². The monoisotopic (exact) mass is 628 g/mol. The molecule has 0 atom stereocenters. The minimum Gasteiger partial charge on any atom is -0.481 e. The molecule has 0 unspecified atom stereocenters. The van der Waals surface area contributed by atoms with Gasteiger partial charge in [-0.05, 0) is 86.1 Å². The van der Waals surface area contributed by atoms with Crippen LogP contribution in [0.2, 0.25) is 0 Å². The number of carboxylic acids is 1. The lowest BCUT2D eigenvalue weighted by atomic mass is 9.98. The predicted molar refractivity (Wildman–Crippen MR) is 136 cm³/mol. The highest BCUT2D eigenvalue weighted by molar-refractivity contribution is 14.1. The third-order valence-corrected chi connectivity index (χ3v) is 6.75. The van der Waals surface area contributed by atoms with Gasteiger partial charge in [0.1, 0.15) is 5.75 Å². The molecular weight excluding hydrogens is 610 g/mol. The molecule has 0 amide bonds. The van der Waals surface area contributed by atoms with Gasteiger partial charge in [0.2, 0.25) is 0 Å². The van der Waals surface area contributed by atoms with Gasteiger partial charge in [0.05, 0.1) is 3.57 Å². The van der Waals surface area contributed by atoms with Gasteiger partial charge in [0.25, 0.3) is 0 Å². The topological polar surface area (TPSA) is 46.5 Å². The molecular formula is C23H18I2O3S. The van der Waals surface area contributed by atoms with Gasteiger partial charge in [-0.1, -0.05) is 54.6 Å². The average molecular weight is 628 g/mol. The molecule has 6 heteroatoms. The second-order valence-electron chi connectivity index (χ2n) is 6.05. The lowest BCUT2D eigenvalue weighted by Gasteiger charge is -2.11. The summed E-state index contributed by atoms with van der Waals surface area (Å²) in [6, 6.07) is 24.6. The second kappa shape index (κ2) is 11.0. The number of carboxylic acid groups (broad SMARTS) is 1. The van der Waals surface area contributed by atoms with Crippen molar-refractivity contribution in [1.82, 2.24) is 0 Å². The Bertz CT molecular complexity index is 1020. The maximum absolute atomic E-state index is 10.7. The lowest BCUT2D eigenvalue weighted by molar-refractivity contribution is -0.139. The average Bonchev–Trinajstić information content (AvgIpc) is 2.72. The van der Waals surface area contributed by atoms with Crippen molar-refractivity contribution in [3.05, 3.63) is 97.1 Å². The third-order valence-electron chi connectivity index (χ3n) is 4.04. The molecule has 0 aliphatic rings. The van der Waals surface area contributed by atoms with E-state index in [1.165, 1.54) is 20.3 Å². The summed E-state index contributed by atoms with van der Waals surface area (Å²) in [4.78, 5) is 11.8. The molecule has 0 saturated carbocycles. The first kappa shape index (κ1) is 22.2. The van der Waals surface area contributed by atoms with Crippen molar-refractivity contribution in [2.75, 3.05) is 12.4 Å². The van der Waals surface area contributed by atoms with Gasteiger partial charge < -0.3 is 9.84 Å². The molecule has 0 aliphatic heterocycles. The molecule has 0 aliphatic carbocycles. The van der Waals surface area contributed by atoms with Crippen LogP contribution in [0.15, 0.2) is 83.8 Å². The third kappa shape index (κ3) is 6.48. The molecule has 0 radical (unpaired) electrons. The van der Waals surface area contributed by atoms with E-state index in [9.17, 15) is 4.79 Å². The fourth-order valence-electron chi connectivity index (χ4n) is 2.73. The van der Waals surface area contributed by atoms with Crippen LogP contribution in [0.4, 0.5) is 0 Å². The van der Waals surface area contributed by atoms with Crippen LogP contribution in [0.5, 0.6) is 5.75 Å². The van der Waals surface area contributed by atoms with Crippen LogP contribution in [0.1, 0.15) is 11.1 Å². The van der Waals surface area contributed by atoms with Crippen molar-refractivity contribution in [2.45, 2.75) is 4.90 Å². The number of aliphatic carboxylic acids is 1. The zero-order valence-electron chi connectivity index (χ0n) is 15.3. The van der Waals surface area contributed by atoms with Crippen LogP contribution in [0.3, 0.4) is 0 Å². The van der Waals surface area contributed by atoms with Crippen LogP contribution in [-0.4, -0.2) is 23.4 Å². The minimum absolute atomic E-state index is 0.332. The van der Waals surface area contributed by atoms with Gasteiger partial charge in [-0.3, -0.25) is 0 Å². The zero-order chi connectivity index (χ0) is 20.6. The zero-order valence-corrected chi connectivity index (χ0v) is 20.5. The molecule has 1 N–H and O–H groups in total. The van der Waals surface area contributed by atoms with Crippen molar-refractivity contribution < 1.29 is 14.6 Å². The first-order valence-corrected chi connectivity index (χ1v) is 12.0. The van der Waals surface area contributed by atoms with Crippen molar-refractivity contribution in [2.24, 2.45) is 0 Å². The summed E-state index contributed by atoms with van der Waals surface area (Å²) in [6.07, 6.45) is 2.26. The summed E-state index contributed by atoms with van der Waals surface area (Å²) in [5.74, 6) is 0.436. The summed E-state index contributed by atoms with van der Waals surface area (Å²) < 4.78 is 7.42. The molecule has 0 fully saturated rings. The van der Waals surface area contributed by atoms with E-state index in [0.717, 1.165) is 14.2 Å². The molecule has 0 heterocycles. The number of carbonyl (C=O) groups is 1. The van der Waals surface area contributed by atoms with Crippen molar-refractivity contribution in [1.29, 1.82) is 0 Å². The lowest BCUT2D eigenvalue weighted by Crippen LogP contribution is -2.10. The maximum atomic E-state index is 10.7. The smallest absolute Gasteiger partial charge is 0.341 e. The second-order valence-corrected chi connectivity index (χ2v) is 9.47. The Kier molecular flexibility index (Phi) is 8.43. The van der Waals surface area contributed by atoms with Crippen molar-refractivity contribution >= 4 is 68.5 Å². The summed E-state index contributed by atoms with van der Waals surface area (Å²) in [6.45, 7) is -0.332. The Labute approximate surface area is 201 Å². The first-order chi connectivity index (χ1) is 14.0. The molecule has 3 rings (SSSR count). The van der Waals surface area contributed by atoms with Gasteiger partial charge in [-0.25, -0.2) is 4.79 Å². The Morgan fingerprint density at radius 1 is 0.966 bits per heavy atom. The van der Waals surface area contributed by atoms with Crippen molar-refractivity contribution in [3.8, 4) is 5.75 Å². The number of hydrogen-bond acceptors (Lipinski definition) is 3. The van der Waals surface area contributed by atoms with E-state index in [1.54, 1.807) is 11.8 Å². The first-order valence-electron chi connectivity index (χ1n) is 8.82. The number of ether oxygens (including phenoxy) is 1. The summed E-state index contributed by atoms with van der Waals surface area (Å²) in [5.41, 5.74) is 3.65. The van der Waals surface area contributed by atoms with E-state index in [4.69, 9.17) is 9.84 Å². The molecule has 3 nitrogen and oxygen atoms in total. The van der Waals surface area contributed by atoms with E-state index in [0.29, 0.717) is 5.75 Å². The molecule has 0 bridgehead atoms. The van der Waals surface area contributed by atoms with Gasteiger partial charge in [-0.15, -0.1) is 11.8 Å². The van der Waals surface area contributed by atoms with Gasteiger partial charge in [0, 0.05) is 14.2 Å². The SMILES string of the molecule is O=C(O)COc1ccc(SCC=C(c2ccccc2)c2ccccc2I)cc1I. The highest BCUT2D eigenvalue weighted by Crippen LogP contribution is 2.31. The number of rotatable bonds is 8. The number of hydrogen-bond donors (Lipinski definition) is 1. The Morgan fingerprint density at radius 3 is 2.38 bits per heavy atom. The fraction of sp³-hybridized carbons (Fsp3) is 0.0870. The largest absolute Gasteiger partial charge is 0.481 e. The Balaban J connectivity index is 1.78. The van der Waals surface area contributed by atoms with Crippen LogP contribution in [-0.2, 0) is 4.79 Å². The number of benzene rings is 3. The van der Waals surface area contributed by atoms with Gasteiger partial charge in [-0.2, -0.15) is 0 Å². The molecule has 0 spiro atoms. The normalized spacial score (nSPS) is 11.3. The maximum Gasteiger partial charge on any atom is 0.341 e. The Morgan fingerprint density at radius 2 is 1.69 bits per heavy atom. The standard InChI is InChI=1S/C23H18I2O3S/c24-20-9-5-4-8-19(20)18(16-6-2-1-3-7-16)12-13-29-17-10-11-22(21(25)14-17)28-15-23(26)27/h1-12,14H,13,15H2,(H,26,27). The van der Waals surface area contributed by atoms with Crippen LogP contribution < -0.4 is 4.74 Å². The molecule has 3 aromatic carbocycles. The number of halogens is 2. The van der Waals surface area contributed by atoms with E-state index >= 15 is 0 Å². The predicted octanol–water partition coefficient (Wildman–Crippen LogP) is 6.58. The van der Waals surface area contributed by atoms with Crippen LogP contribution in [0.25, 0.3) is 5.57 Å². The van der Waals surface area contributed by atoms with E-state index < -0.39 is 5.97 Å². The van der Waals surface area contributed by atoms with E-state index in [1.807, 2.05) is 24.3 Å². The van der Waals surface area contributed by atoms with E-state index in [2.05, 4.69) is 99.8 Å². The molecule has 29 heavy (non-hydrogen) atoms. The molecule has 148 valence electrons. The molecule has 0 aromatic heterocycles. The summed E-state index contributed by atoms with van der Waals surface area (Å²) >= 11 is 6.29. The molecule has 0 saturated heterocycles. The van der Waals surface area contributed by atoms with Crippen LogP contribution >= 0.6 is 56.9 Å². The summed E-state index contributed by atoms with van der Waals surface area (Å²) in [7, 11) is 0. The highest BCUT2D eigenvalue weighted by atomic mass is 127. The highest BCUT2D eigenvalue weighted by Gasteiger charge is 2.09. The van der Waals surface area contributed by atoms with E-state index in [-0.39, 0.29) is 6.61 Å². The molecule has 3 aromatic rings. The van der Waals surface area contributed by atoms with Crippen molar-refractivity contribution in [3.63, 3.8) is 0 Å². The fourth-order valence-corrected chi connectivity index (χ4v) is 5.10. The van der Waals surface area contributed by atoms with Gasteiger partial charge in [0.15, 0.2) is 6.61 Å².